The molecule has 0 aliphatic carbocycles. The van der Waals surface area contributed by atoms with E-state index in [1.165, 1.54) is 54.7 Å². The summed E-state index contributed by atoms with van der Waals surface area (Å²) in [5.41, 5.74) is 3.02. The number of fused-ring (bicyclic) bond motifs is 10. The van der Waals surface area contributed by atoms with Crippen LogP contribution in [0.25, 0.3) is 0 Å². The van der Waals surface area contributed by atoms with Crippen LogP contribution in [-0.2, 0) is 6.51 Å². The van der Waals surface area contributed by atoms with Gasteiger partial charge >= 0.3 is 131 Å². The van der Waals surface area contributed by atoms with Gasteiger partial charge in [-0.25, -0.2) is 0 Å². The standard InChI is InChI=1S/C17H14N.C5H5.Fe/c1-3-9-15(10-4-1)18(17-13-7-8-14-17)16-11-5-2-6-12-16;1-2-4-5-3-1;/h1-14H;1-5H;. The molecule has 4 unspecified atom stereocenters. The first-order valence-corrected chi connectivity index (χ1v) is 16.0. The summed E-state index contributed by atoms with van der Waals surface area (Å²) in [6.45, 7) is -3.15. The molecule has 10 aliphatic heterocycles. The number of nitrogens with zero attached hydrogens (tertiary/aromatic N) is 1. The average molecular weight is 353 g/mol. The third-order valence-electron chi connectivity index (χ3n) is 17.0. The molecular formula is C22H19FeN. The molecule has 0 bridgehead atoms. The van der Waals surface area contributed by atoms with Gasteiger partial charge in [0.05, 0.1) is 0 Å². The minimum absolute atomic E-state index is 0.752. The number of anilines is 2. The van der Waals surface area contributed by atoms with Gasteiger partial charge in [-0.15, -0.1) is 0 Å². The van der Waals surface area contributed by atoms with Crippen molar-refractivity contribution in [2.75, 3.05) is 4.90 Å². The van der Waals surface area contributed by atoms with Gasteiger partial charge in [0.2, 0.25) is 0 Å². The second-order valence-electron chi connectivity index (χ2n) is 12.6. The van der Waals surface area contributed by atoms with Crippen LogP contribution in [0.1, 0.15) is 0 Å². The van der Waals surface area contributed by atoms with E-state index in [0.717, 1.165) is 4.44 Å². The number of benzene rings is 2. The molecule has 10 saturated heterocycles. The van der Waals surface area contributed by atoms with E-state index in [9.17, 15) is 0 Å². The van der Waals surface area contributed by atoms with Crippen LogP contribution in [0.3, 0.4) is 0 Å². The predicted molar refractivity (Wildman–Crippen MR) is 91.5 cm³/mol. The Kier molecular flexibility index (Phi) is 0.403. The predicted octanol–water partition coefficient (Wildman–Crippen LogP) is 6.12. The van der Waals surface area contributed by atoms with Gasteiger partial charge in [0, 0.05) is 0 Å². The summed E-state index contributed by atoms with van der Waals surface area (Å²) in [6.07, 6.45) is 0. The van der Waals surface area contributed by atoms with Crippen LogP contribution in [0.5, 0.6) is 0 Å². The summed E-state index contributed by atoms with van der Waals surface area (Å²) in [6, 6.07) is 23.0. The zero-order valence-electron chi connectivity index (χ0n) is 13.3. The van der Waals surface area contributed by atoms with Crippen LogP contribution >= 0.6 is 0 Å². The molecule has 2 heteroatoms. The first kappa shape index (κ1) is 9.46. The molecule has 0 saturated carbocycles. The van der Waals surface area contributed by atoms with Crippen LogP contribution in [0.4, 0.5) is 11.4 Å². The second-order valence-corrected chi connectivity index (χ2v) is 36.2. The van der Waals surface area contributed by atoms with Gasteiger partial charge in [-0.3, -0.25) is 0 Å². The topological polar surface area (TPSA) is 3.24 Å². The zero-order valence-corrected chi connectivity index (χ0v) is 14.4. The van der Waals surface area contributed by atoms with Crippen molar-refractivity contribution >= 4 is 11.4 Å². The van der Waals surface area contributed by atoms with Gasteiger partial charge in [-0.2, -0.15) is 0 Å². The Balaban J connectivity index is 1.31. The normalized spacial score (nSPS) is 87.4. The van der Waals surface area contributed by atoms with Gasteiger partial charge in [-0.1, -0.05) is 0 Å². The Morgan fingerprint density at radius 1 is 0.583 bits per heavy atom. The molecule has 10 fully saturated rings. The van der Waals surface area contributed by atoms with Crippen LogP contribution in [0, 0.1) is 0 Å². The maximum absolute atomic E-state index is 3.15. The first-order valence-electron chi connectivity index (χ1n) is 9.75. The van der Waals surface area contributed by atoms with Crippen molar-refractivity contribution < 1.29 is 6.51 Å². The van der Waals surface area contributed by atoms with E-state index in [0.29, 0.717) is 0 Å². The zero-order chi connectivity index (χ0) is 14.8. The quantitative estimate of drug-likeness (QED) is 0.601. The molecule has 0 N–H and O–H groups in total. The fourth-order valence-corrected chi connectivity index (χ4v) is 91.9. The van der Waals surface area contributed by atoms with Crippen molar-refractivity contribution in [3.05, 3.63) is 60.7 Å². The van der Waals surface area contributed by atoms with Crippen molar-refractivity contribution in [2.24, 2.45) is 0 Å². The van der Waals surface area contributed by atoms with Crippen LogP contribution in [0.2, 0.25) is 43.3 Å². The molecule has 120 valence electrons. The fourth-order valence-electron chi connectivity index (χ4n) is 18.4. The Labute approximate surface area is 131 Å². The Morgan fingerprint density at radius 3 is 1.29 bits per heavy atom. The molecule has 24 heavy (non-hydrogen) atoms. The summed E-state index contributed by atoms with van der Waals surface area (Å²) in [7, 11) is 0. The van der Waals surface area contributed by atoms with Crippen molar-refractivity contribution in [3.8, 4) is 0 Å². The van der Waals surface area contributed by atoms with E-state index in [4.69, 9.17) is 0 Å². The summed E-state index contributed by atoms with van der Waals surface area (Å²) in [5.74, 6) is 0. The molecule has 0 radical (unpaired) electrons. The summed E-state index contributed by atoms with van der Waals surface area (Å²) in [5, 5.41) is 0. The van der Waals surface area contributed by atoms with E-state index < -0.39 is 6.51 Å². The molecule has 1 spiro atoms. The minimum atomic E-state index is -3.15. The molecule has 12 rings (SSSR count). The van der Waals surface area contributed by atoms with Gasteiger partial charge in [0.1, 0.15) is 0 Å². The van der Waals surface area contributed by atoms with Crippen LogP contribution in [-0.4, -0.2) is 4.44 Å². The maximum atomic E-state index is 2.98. The van der Waals surface area contributed by atoms with E-state index in [2.05, 4.69) is 65.6 Å². The van der Waals surface area contributed by atoms with Crippen LogP contribution in [0.15, 0.2) is 60.7 Å². The monoisotopic (exact) mass is 353 g/mol. The molecule has 0 aromatic heterocycles. The van der Waals surface area contributed by atoms with Gasteiger partial charge in [0.25, 0.3) is 0 Å². The van der Waals surface area contributed by atoms with E-state index in [1.807, 2.05) is 0 Å². The summed E-state index contributed by atoms with van der Waals surface area (Å²) in [4.78, 5) is 15.2. The number of hydrogen-bond acceptors (Lipinski definition) is 1. The van der Waals surface area contributed by atoms with Crippen molar-refractivity contribution in [3.63, 3.8) is 0 Å². The molecule has 1 nitrogen and oxygen atoms in total. The van der Waals surface area contributed by atoms with E-state index in [-0.39, 0.29) is 0 Å². The van der Waals surface area contributed by atoms with Crippen LogP contribution < -0.4 is 4.90 Å². The molecule has 2 aromatic rings. The second kappa shape index (κ2) is 1.02. The molecule has 4 atom stereocenters. The van der Waals surface area contributed by atoms with Crippen molar-refractivity contribution in [1.82, 2.24) is 0 Å². The van der Waals surface area contributed by atoms with Gasteiger partial charge in [-0.05, 0) is 0 Å². The van der Waals surface area contributed by atoms with Gasteiger partial charge in [0.15, 0.2) is 0 Å². The SMILES string of the molecule is c1ccc(N(c2ccccc2)[C]23[CH]4[CH]5[CH]6[CH]2[Fe]56432789[CH]3[CH]2[CH]7[CH]8[CH]39)cc1. The Morgan fingerprint density at radius 2 is 1.00 bits per heavy atom. The molecule has 2 aromatic carbocycles. The first-order chi connectivity index (χ1) is 11.6. The number of rotatable bonds is 3. The molecule has 10 heterocycles. The average Bonchev–Trinajstić information content (AvgIpc) is 3.57. The van der Waals surface area contributed by atoms with E-state index in [1.54, 1.807) is 0 Å². The third kappa shape index (κ3) is 0.139. The van der Waals surface area contributed by atoms with Crippen molar-refractivity contribution in [1.29, 1.82) is 0 Å². The summed E-state index contributed by atoms with van der Waals surface area (Å²) >= 11 is 0. The molecule has 10 aliphatic rings. The third-order valence-corrected chi connectivity index (χ3v) is 59.1. The Hall–Kier alpha value is -1.24. The molecule has 0 amide bonds. The Bertz CT molecular complexity index is 1310. The number of para-hydroxylation sites is 2. The number of hydrogen-bond donors (Lipinski definition) is 0. The van der Waals surface area contributed by atoms with Crippen molar-refractivity contribution in [2.45, 2.75) is 47.8 Å². The fraction of sp³-hybridized carbons (Fsp3) is 0.455. The summed E-state index contributed by atoms with van der Waals surface area (Å²) < 4.78 is 0.752. The molecular weight excluding hydrogens is 334 g/mol. The van der Waals surface area contributed by atoms with Gasteiger partial charge < -0.3 is 0 Å². The van der Waals surface area contributed by atoms with E-state index >= 15 is 0 Å².